The first-order valence-corrected chi connectivity index (χ1v) is 37.2. The normalized spacial score (nSPS) is 10.6. The van der Waals surface area contributed by atoms with Crippen LogP contribution in [-0.2, 0) is 75.8 Å². The third-order valence-electron chi connectivity index (χ3n) is 14.3. The van der Waals surface area contributed by atoms with Gasteiger partial charge in [0, 0.05) is 109 Å². The molecule has 6 heterocycles. The number of nitrogens with zero attached hydrogens (tertiary/aromatic N) is 9. The molecular weight excluding hydrogens is 1880 g/mol. The van der Waals surface area contributed by atoms with Crippen LogP contribution in [0.15, 0.2) is 291 Å². The number of aliphatic hydroxyl groups excluding tert-OH is 2. The van der Waals surface area contributed by atoms with Crippen molar-refractivity contribution in [3.63, 3.8) is 0 Å². The van der Waals surface area contributed by atoms with Gasteiger partial charge in [0.15, 0.2) is 11.6 Å². The number of fused-ring (bicyclic) bond motifs is 3. The van der Waals surface area contributed by atoms with Crippen LogP contribution in [0.25, 0.3) is 83.8 Å². The van der Waals surface area contributed by atoms with Gasteiger partial charge in [-0.3, -0.25) is 29.5 Å². The number of aryl methyl sites for hydroxylation is 2. The Bertz CT molecular complexity index is 4840. The molecule has 6 aromatic heterocycles. The van der Waals surface area contributed by atoms with Gasteiger partial charge in [0.25, 0.3) is 0 Å². The smallest absolute Gasteiger partial charge is 0.574 e. The van der Waals surface area contributed by atoms with Crippen molar-refractivity contribution in [2.45, 2.75) is 47.7 Å². The van der Waals surface area contributed by atoms with E-state index in [0.717, 1.165) is 68.0 Å². The van der Waals surface area contributed by atoms with Crippen LogP contribution in [0.5, 0.6) is 0 Å². The number of carbonyl (C=O) groups excluding carboxylic acids is 2. The zero-order chi connectivity index (χ0) is 72.7. The zero-order valence-corrected chi connectivity index (χ0v) is 68.3. The molecule has 104 heavy (non-hydrogen) atoms. The minimum atomic E-state index is -4.46. The number of ketones is 2. The summed E-state index contributed by atoms with van der Waals surface area (Å²) in [5.41, 5.74) is 10.7. The molecule has 14 rings (SSSR count). The Morgan fingerprint density at radius 2 is 0.981 bits per heavy atom. The van der Waals surface area contributed by atoms with Crippen molar-refractivity contribution in [2.75, 3.05) is 26.7 Å². The molecule has 0 aliphatic carbocycles. The first-order chi connectivity index (χ1) is 48.6. The molecule has 0 fully saturated rings. The number of aromatic nitrogens is 9. The average Bonchev–Trinajstić information content (AvgIpc) is 1.50. The van der Waals surface area contributed by atoms with Gasteiger partial charge in [0.05, 0.1) is 71.2 Å². The van der Waals surface area contributed by atoms with Crippen LogP contribution in [0.4, 0.5) is 13.2 Å². The van der Waals surface area contributed by atoms with E-state index in [1.54, 1.807) is 24.4 Å². The van der Waals surface area contributed by atoms with E-state index in [4.69, 9.17) is 20.2 Å². The fraction of sp³-hybridized carbons (Fsp3) is 0.133. The van der Waals surface area contributed by atoms with Crippen molar-refractivity contribution in [1.29, 1.82) is 0 Å². The first-order valence-electron chi connectivity index (χ1n) is 32.2. The second-order valence-corrected chi connectivity index (χ2v) is 28.2. The van der Waals surface area contributed by atoms with Crippen molar-refractivity contribution in [3.8, 4) is 51.1 Å². The molecule has 21 heteroatoms. The topological polar surface area (TPSA) is 185 Å². The van der Waals surface area contributed by atoms with E-state index in [1.807, 2.05) is 104 Å². The number of aliphatic hydroxyl groups is 2. The molecule has 14 aromatic rings. The molecule has 0 saturated carbocycles. The summed E-state index contributed by atoms with van der Waals surface area (Å²) in [5.74, 6) is 0.794. The molecule has 0 amide bonds. The third-order valence-corrected chi connectivity index (χ3v) is 17.3. The number of hydrogen-bond donors (Lipinski definition) is 2. The van der Waals surface area contributed by atoms with Crippen LogP contribution in [-0.4, -0.2) is 83.1 Å². The second kappa shape index (κ2) is 45.0. The molecule has 8 aromatic carbocycles. The van der Waals surface area contributed by atoms with Gasteiger partial charge in [0.1, 0.15) is 5.69 Å². The molecule has 13 nitrogen and oxygen atoms in total. The monoisotopic (exact) mass is 1960 g/mol. The zero-order valence-electron chi connectivity index (χ0n) is 58.9. The maximum Gasteiger partial charge on any atom is 2.00 e. The summed E-state index contributed by atoms with van der Waals surface area (Å²) in [7, 11) is -0.424. The number of imidazole rings is 1. The van der Waals surface area contributed by atoms with Gasteiger partial charge in [-0.25, -0.2) is 0 Å². The van der Waals surface area contributed by atoms with Gasteiger partial charge >= 0.3 is 26.0 Å². The molecule has 0 saturated heterocycles. The fourth-order valence-electron chi connectivity index (χ4n) is 9.66. The Labute approximate surface area is 649 Å². The summed E-state index contributed by atoms with van der Waals surface area (Å²) < 4.78 is 38.8. The van der Waals surface area contributed by atoms with Gasteiger partial charge < -0.3 is 35.2 Å². The van der Waals surface area contributed by atoms with Crippen LogP contribution in [0.3, 0.4) is 0 Å². The number of hydrogen-bond acceptors (Lipinski definition) is 10. The largest absolute Gasteiger partial charge is 2.00 e. The predicted octanol–water partition coefficient (Wildman–Crippen LogP) is 18.8. The Balaban J connectivity index is 0.000000259. The van der Waals surface area contributed by atoms with E-state index in [9.17, 15) is 22.8 Å². The van der Waals surface area contributed by atoms with E-state index in [1.165, 1.54) is 78.4 Å². The number of allylic oxidation sites excluding steroid dienone is 4. The van der Waals surface area contributed by atoms with Crippen LogP contribution in [0, 0.1) is 26.0 Å². The molecule has 0 aliphatic rings. The van der Waals surface area contributed by atoms with E-state index < -0.39 is 11.9 Å². The Hall–Kier alpha value is -9.37. The van der Waals surface area contributed by atoms with Crippen molar-refractivity contribution in [3.05, 3.63) is 320 Å². The number of alkyl halides is 3. The molecule has 2 N–H and O–H groups in total. The van der Waals surface area contributed by atoms with Gasteiger partial charge in [0.2, 0.25) is 0 Å². The number of halogens is 3. The SMILES string of the molecule is CC(=O)C=C(C)O.CC(=O)C=C(C)O.C[PH+](C)c1ccccc1.C[PH+](C)c1ccccc1.Cc1cc(-c2[c-]ccc3ccccc23)nc2ccccc12.Cc1cc(-c2ccccn2)[n-]n1.FC(F)(F)c1cc(-c2ccccn2)[n-]n1.[Ir].[Ir].[Os+2].[c-]1ccccc1-c1nc2ccccc2n1-c1ccccc1. The maximum absolute atomic E-state index is 12.2. The summed E-state index contributed by atoms with van der Waals surface area (Å²) in [6, 6.07) is 90.8. The number of pyridine rings is 3. The van der Waals surface area contributed by atoms with E-state index in [-0.39, 0.29) is 105 Å². The minimum absolute atomic E-state index is 0. The molecule has 0 bridgehead atoms. The standard InChI is InChI=1S/C20H14N.C19H13N2.C9H5F3N3.C9H8N3.2C8H11P.2C5H8O2.2Ir.Os/c1-14-13-20(21-19-12-5-4-9-16(14)19)18-11-6-8-15-7-2-3-10-17(15)18;1-3-9-15(10-4-1)19-20-17-13-7-8-14-18(17)21(19)16-11-5-2-6-12-16;10-9(11,12)8-5-7(14-15-8)6-3-1-2-4-13-6;1-7-6-9(12-11-7)8-4-2-3-5-10-8;2*1-9(2)8-6-4-3-5-7-8;2*1-4(6)3-5(2)7;;;/h2-10,12-13H,1H3;1-9,11-14H;1-5H;2-6H,1H3;2*3-7H,1-2H3;2*3,6H,1-2H3;;;/q4*-1;;;;;;;+2/p+2. The van der Waals surface area contributed by atoms with Crippen molar-refractivity contribution < 1.29 is 93.0 Å². The van der Waals surface area contributed by atoms with Gasteiger partial charge in [-0.05, 0) is 138 Å². The fourth-order valence-corrected chi connectivity index (χ4v) is 11.4. The van der Waals surface area contributed by atoms with Crippen molar-refractivity contribution >= 4 is 70.7 Å². The Morgan fingerprint density at radius 1 is 0.500 bits per heavy atom. The summed E-state index contributed by atoms with van der Waals surface area (Å²) >= 11 is 0. The van der Waals surface area contributed by atoms with Gasteiger partial charge in [-0.1, -0.05) is 150 Å². The second-order valence-electron chi connectivity index (χ2n) is 23.1. The summed E-state index contributed by atoms with van der Waals surface area (Å²) in [6.07, 6.45) is 1.11. The van der Waals surface area contributed by atoms with Crippen LogP contribution in [0.2, 0.25) is 0 Å². The van der Waals surface area contributed by atoms with Crippen LogP contribution in [0.1, 0.15) is 44.6 Å². The predicted molar refractivity (Wildman–Crippen MR) is 412 cm³/mol. The molecule has 2 radical (unpaired) electrons. The van der Waals surface area contributed by atoms with Crippen LogP contribution >= 0.6 is 15.8 Å². The van der Waals surface area contributed by atoms with E-state index >= 15 is 0 Å². The number of para-hydroxylation sites is 4. The van der Waals surface area contributed by atoms with E-state index in [2.05, 4.69) is 214 Å². The summed E-state index contributed by atoms with van der Waals surface area (Å²) in [4.78, 5) is 37.7. The molecule has 0 unspecified atom stereocenters. The average molecular weight is 1960 g/mol. The number of carbonyl (C=O) groups is 2. The summed E-state index contributed by atoms with van der Waals surface area (Å²) in [6.45, 7) is 19.0. The van der Waals surface area contributed by atoms with Crippen LogP contribution < -0.4 is 20.8 Å². The Morgan fingerprint density at radius 3 is 1.44 bits per heavy atom. The number of rotatable bonds is 9. The molecule has 0 spiro atoms. The van der Waals surface area contributed by atoms with Gasteiger partial charge in [-0.2, -0.15) is 13.2 Å². The van der Waals surface area contributed by atoms with E-state index in [0.29, 0.717) is 5.69 Å². The van der Waals surface area contributed by atoms with Crippen molar-refractivity contribution in [1.82, 2.24) is 44.9 Å². The molecule has 0 aliphatic heterocycles. The Kier molecular flexibility index (Phi) is 37.6. The first kappa shape index (κ1) is 87.0. The quantitative estimate of drug-likeness (QED) is 0.0604. The maximum atomic E-state index is 12.2. The number of benzene rings is 8. The molecular formula is C83H80F3Ir2N9O4OsP2. The molecule has 538 valence electrons. The molecule has 0 atom stereocenters. The van der Waals surface area contributed by atoms with Crippen molar-refractivity contribution in [2.24, 2.45) is 0 Å². The van der Waals surface area contributed by atoms with Gasteiger partial charge in [-0.15, -0.1) is 65.0 Å². The third kappa shape index (κ3) is 28.3. The minimum Gasteiger partial charge on any atom is -0.574 e. The summed E-state index contributed by atoms with van der Waals surface area (Å²) in [5, 5.41) is 37.7.